The number of hydrogen-bond acceptors (Lipinski definition) is 2. The molecular weight excluding hydrogens is 392 g/mol. The number of unbranched alkanes of at least 4 members (excludes halogenated alkanes) is 2. The molecule has 0 unspecified atom stereocenters. The minimum atomic E-state index is 0.326. The van der Waals surface area contributed by atoms with Crippen LogP contribution in [0.2, 0.25) is 0 Å². The molecule has 0 amide bonds. The summed E-state index contributed by atoms with van der Waals surface area (Å²) in [5, 5.41) is 21.3. The van der Waals surface area contributed by atoms with Gasteiger partial charge in [-0.1, -0.05) is 89.0 Å². The summed E-state index contributed by atoms with van der Waals surface area (Å²) >= 11 is 0. The Morgan fingerprint density at radius 1 is 0.688 bits per heavy atom. The van der Waals surface area contributed by atoms with E-state index in [0.717, 1.165) is 17.5 Å². The SMILES string of the molecule is CCCCCC(c1ccc(O)c(C2CCCCC2)c1)c1ccc(O)c(C2CCCCC2)c1. The van der Waals surface area contributed by atoms with Crippen molar-refractivity contribution >= 4 is 0 Å². The molecule has 0 aliphatic heterocycles. The monoisotopic (exact) mass is 434 g/mol. The van der Waals surface area contributed by atoms with E-state index in [4.69, 9.17) is 0 Å². The van der Waals surface area contributed by atoms with Crippen LogP contribution in [-0.2, 0) is 0 Å². The number of hydrogen-bond donors (Lipinski definition) is 2. The first kappa shape index (κ1) is 23.2. The van der Waals surface area contributed by atoms with Crippen LogP contribution in [0.15, 0.2) is 36.4 Å². The zero-order chi connectivity index (χ0) is 22.3. The molecule has 2 N–H and O–H groups in total. The van der Waals surface area contributed by atoms with E-state index in [0.29, 0.717) is 29.3 Å². The van der Waals surface area contributed by atoms with Crippen molar-refractivity contribution in [2.24, 2.45) is 0 Å². The molecule has 0 aromatic heterocycles. The van der Waals surface area contributed by atoms with Crippen LogP contribution >= 0.6 is 0 Å². The van der Waals surface area contributed by atoms with Gasteiger partial charge in [-0.15, -0.1) is 0 Å². The van der Waals surface area contributed by atoms with Crippen LogP contribution in [0, 0.1) is 0 Å². The Balaban J connectivity index is 1.67. The Morgan fingerprint density at radius 2 is 1.16 bits per heavy atom. The minimum Gasteiger partial charge on any atom is -0.508 e. The van der Waals surface area contributed by atoms with Crippen LogP contribution in [0.4, 0.5) is 0 Å². The van der Waals surface area contributed by atoms with E-state index >= 15 is 0 Å². The van der Waals surface area contributed by atoms with Gasteiger partial charge in [0.05, 0.1) is 0 Å². The smallest absolute Gasteiger partial charge is 0.119 e. The molecule has 4 rings (SSSR count). The van der Waals surface area contributed by atoms with Crippen LogP contribution in [0.3, 0.4) is 0 Å². The van der Waals surface area contributed by atoms with Crippen molar-refractivity contribution in [3.05, 3.63) is 58.7 Å². The van der Waals surface area contributed by atoms with Crippen molar-refractivity contribution in [3.63, 3.8) is 0 Å². The molecule has 2 nitrogen and oxygen atoms in total. The van der Waals surface area contributed by atoms with Gasteiger partial charge in [0, 0.05) is 5.92 Å². The lowest BCUT2D eigenvalue weighted by molar-refractivity contribution is 0.413. The molecule has 0 heterocycles. The zero-order valence-electron chi connectivity index (χ0n) is 20.0. The van der Waals surface area contributed by atoms with Gasteiger partial charge in [0.2, 0.25) is 0 Å². The van der Waals surface area contributed by atoms with Gasteiger partial charge in [-0.25, -0.2) is 0 Å². The Labute approximate surface area is 195 Å². The highest BCUT2D eigenvalue weighted by molar-refractivity contribution is 5.46. The van der Waals surface area contributed by atoms with Gasteiger partial charge in [0.15, 0.2) is 0 Å². The fourth-order valence-corrected chi connectivity index (χ4v) is 6.18. The fraction of sp³-hybridized carbons (Fsp3) is 0.600. The minimum absolute atomic E-state index is 0.326. The molecule has 174 valence electrons. The molecule has 0 bridgehead atoms. The molecule has 32 heavy (non-hydrogen) atoms. The van der Waals surface area contributed by atoms with Gasteiger partial charge in [-0.05, 0) is 78.3 Å². The van der Waals surface area contributed by atoms with E-state index in [1.165, 1.54) is 94.6 Å². The quantitative estimate of drug-likeness (QED) is 0.407. The van der Waals surface area contributed by atoms with Crippen molar-refractivity contribution in [3.8, 4) is 11.5 Å². The van der Waals surface area contributed by atoms with Crippen molar-refractivity contribution in [2.75, 3.05) is 0 Å². The third-order valence-corrected chi connectivity index (χ3v) is 8.09. The summed E-state index contributed by atoms with van der Waals surface area (Å²) < 4.78 is 0. The molecule has 2 fully saturated rings. The summed E-state index contributed by atoms with van der Waals surface area (Å²) in [6.45, 7) is 2.26. The lowest BCUT2D eigenvalue weighted by Gasteiger charge is -2.27. The van der Waals surface area contributed by atoms with E-state index in [2.05, 4.69) is 31.2 Å². The summed E-state index contributed by atoms with van der Waals surface area (Å²) in [7, 11) is 0. The Kier molecular flexibility index (Phi) is 8.16. The average Bonchev–Trinajstić information content (AvgIpc) is 2.84. The van der Waals surface area contributed by atoms with E-state index in [1.54, 1.807) is 0 Å². The highest BCUT2D eigenvalue weighted by Crippen LogP contribution is 2.42. The zero-order valence-corrected chi connectivity index (χ0v) is 20.0. The van der Waals surface area contributed by atoms with Crippen LogP contribution in [0.25, 0.3) is 0 Å². The van der Waals surface area contributed by atoms with E-state index in [-0.39, 0.29) is 0 Å². The maximum atomic E-state index is 10.7. The number of phenols is 2. The Hall–Kier alpha value is -1.96. The lowest BCUT2D eigenvalue weighted by atomic mass is 9.79. The first-order chi connectivity index (χ1) is 15.7. The largest absolute Gasteiger partial charge is 0.508 e. The number of phenolic OH excluding ortho intramolecular Hbond substituents is 2. The maximum absolute atomic E-state index is 10.7. The second-order valence-electron chi connectivity index (χ2n) is 10.4. The molecule has 0 radical (unpaired) electrons. The van der Waals surface area contributed by atoms with E-state index in [1.807, 2.05) is 12.1 Å². The van der Waals surface area contributed by atoms with Crippen LogP contribution < -0.4 is 0 Å². The predicted octanol–water partition coefficient (Wildman–Crippen LogP) is 8.91. The standard InChI is InChI=1S/C30H42O2/c1-2-3-6-15-26(24-16-18-29(31)27(20-24)22-11-7-4-8-12-22)25-17-19-30(32)28(21-25)23-13-9-5-10-14-23/h16-23,26,31-32H,2-15H2,1H3. The van der Waals surface area contributed by atoms with E-state index in [9.17, 15) is 10.2 Å². The molecule has 2 heteroatoms. The summed E-state index contributed by atoms with van der Waals surface area (Å²) in [6, 6.07) is 12.8. The third-order valence-electron chi connectivity index (χ3n) is 8.09. The van der Waals surface area contributed by atoms with Crippen molar-refractivity contribution in [2.45, 2.75) is 115 Å². The van der Waals surface area contributed by atoms with Gasteiger partial charge >= 0.3 is 0 Å². The molecule has 2 aromatic carbocycles. The van der Waals surface area contributed by atoms with Crippen LogP contribution in [-0.4, -0.2) is 10.2 Å². The average molecular weight is 435 g/mol. The molecule has 0 saturated heterocycles. The lowest BCUT2D eigenvalue weighted by Crippen LogP contribution is -2.09. The summed E-state index contributed by atoms with van der Waals surface area (Å²) in [5.41, 5.74) is 4.99. The summed E-state index contributed by atoms with van der Waals surface area (Å²) in [4.78, 5) is 0. The first-order valence-electron chi connectivity index (χ1n) is 13.3. The topological polar surface area (TPSA) is 40.5 Å². The van der Waals surface area contributed by atoms with Crippen molar-refractivity contribution in [1.82, 2.24) is 0 Å². The molecule has 0 atom stereocenters. The first-order valence-corrected chi connectivity index (χ1v) is 13.3. The van der Waals surface area contributed by atoms with Gasteiger partial charge in [0.25, 0.3) is 0 Å². The number of aromatic hydroxyl groups is 2. The maximum Gasteiger partial charge on any atom is 0.119 e. The Bertz CT molecular complexity index is 792. The Morgan fingerprint density at radius 3 is 1.59 bits per heavy atom. The molecule has 2 aromatic rings. The summed E-state index contributed by atoms with van der Waals surface area (Å²) in [6.07, 6.45) is 17.3. The van der Waals surface area contributed by atoms with Crippen LogP contribution in [0.1, 0.15) is 137 Å². The highest BCUT2D eigenvalue weighted by atomic mass is 16.3. The molecule has 0 spiro atoms. The second-order valence-corrected chi connectivity index (χ2v) is 10.4. The number of rotatable bonds is 8. The number of benzene rings is 2. The van der Waals surface area contributed by atoms with Gasteiger partial charge < -0.3 is 10.2 Å². The highest BCUT2D eigenvalue weighted by Gasteiger charge is 2.24. The third kappa shape index (κ3) is 5.50. The van der Waals surface area contributed by atoms with Crippen molar-refractivity contribution < 1.29 is 10.2 Å². The normalized spacial score (nSPS) is 18.3. The molecular formula is C30H42O2. The predicted molar refractivity (Wildman–Crippen MR) is 134 cm³/mol. The van der Waals surface area contributed by atoms with Crippen LogP contribution in [0.5, 0.6) is 11.5 Å². The van der Waals surface area contributed by atoms with Gasteiger partial charge in [0.1, 0.15) is 11.5 Å². The van der Waals surface area contributed by atoms with Crippen molar-refractivity contribution in [1.29, 1.82) is 0 Å². The van der Waals surface area contributed by atoms with E-state index < -0.39 is 0 Å². The molecule has 2 aliphatic rings. The molecule has 2 saturated carbocycles. The van der Waals surface area contributed by atoms with Gasteiger partial charge in [-0.2, -0.15) is 0 Å². The van der Waals surface area contributed by atoms with Gasteiger partial charge in [-0.3, -0.25) is 0 Å². The fourth-order valence-electron chi connectivity index (χ4n) is 6.18. The molecule has 2 aliphatic carbocycles. The second kappa shape index (κ2) is 11.3. The summed E-state index contributed by atoms with van der Waals surface area (Å²) in [5.74, 6) is 2.27.